The van der Waals surface area contributed by atoms with Crippen LogP contribution in [0.15, 0.2) is 255 Å². The number of nitrogens with zero attached hydrogens (tertiary/aromatic N) is 8. The third-order valence-corrected chi connectivity index (χ3v) is 22.5. The summed E-state index contributed by atoms with van der Waals surface area (Å²) in [5.41, 5.74) is 24.3. The van der Waals surface area contributed by atoms with Gasteiger partial charge in [0.2, 0.25) is 0 Å². The van der Waals surface area contributed by atoms with Gasteiger partial charge in [0.25, 0.3) is 0 Å². The lowest BCUT2D eigenvalue weighted by Crippen LogP contribution is -2.32. The number of fused-ring (bicyclic) bond motifs is 8. The molecule has 105 heavy (non-hydrogen) atoms. The van der Waals surface area contributed by atoms with Crippen LogP contribution in [0.5, 0.6) is 0 Å². The Morgan fingerprint density at radius 1 is 0.229 bits per heavy atom. The molecule has 0 saturated heterocycles. The first kappa shape index (κ1) is 68.7. The monoisotopic (exact) mass is 1380 g/mol. The molecule has 528 valence electrons. The molecule has 14 aromatic rings. The molecule has 0 spiro atoms. The van der Waals surface area contributed by atoms with E-state index in [4.69, 9.17) is 9.97 Å². The van der Waals surface area contributed by atoms with Crippen molar-refractivity contribution >= 4 is 89.1 Å². The molecule has 2 aliphatic heterocycles. The molecule has 6 heterocycles. The minimum atomic E-state index is -1.04. The zero-order valence-corrected chi connectivity index (χ0v) is 64.7. The van der Waals surface area contributed by atoms with Crippen molar-refractivity contribution in [2.75, 3.05) is 32.9 Å². The summed E-state index contributed by atoms with van der Waals surface area (Å²) in [6.45, 7) is 43.0. The number of pyridine rings is 2. The zero-order valence-electron chi connectivity index (χ0n) is 64.7. The Kier molecular flexibility index (Phi) is 16.2. The van der Waals surface area contributed by atoms with E-state index in [1.165, 1.54) is 66.9 Å². The van der Waals surface area contributed by atoms with Gasteiger partial charge >= 0.3 is 0 Å². The predicted molar refractivity (Wildman–Crippen MR) is 445 cm³/mol. The first-order valence-corrected chi connectivity index (χ1v) is 37.7. The van der Waals surface area contributed by atoms with Gasteiger partial charge in [-0.3, -0.25) is 9.13 Å². The van der Waals surface area contributed by atoms with E-state index in [9.17, 15) is 0 Å². The Hall–Kier alpha value is -10.7. The van der Waals surface area contributed by atoms with Crippen LogP contribution in [0.4, 0.5) is 45.5 Å². The van der Waals surface area contributed by atoms with Gasteiger partial charge in [0.1, 0.15) is 25.0 Å². The van der Waals surface area contributed by atoms with Crippen molar-refractivity contribution in [2.24, 2.45) is 0 Å². The van der Waals surface area contributed by atoms with Crippen LogP contribution in [0.2, 0.25) is 0 Å². The first-order valence-electron chi connectivity index (χ1n) is 37.7. The number of rotatable bonds is 10. The number of anilines is 8. The van der Waals surface area contributed by atoms with E-state index in [1.54, 1.807) is 0 Å². The Balaban J connectivity index is 0.997. The molecule has 10 aromatic carbocycles. The molecule has 0 atom stereocenters. The van der Waals surface area contributed by atoms with Gasteiger partial charge in [0, 0.05) is 56.7 Å². The van der Waals surface area contributed by atoms with Crippen LogP contribution in [0, 0.1) is 0 Å². The first-order chi connectivity index (χ1) is 49.8. The Labute approximate surface area is 622 Å². The lowest BCUT2D eigenvalue weighted by Gasteiger charge is -2.38. The second-order valence-corrected chi connectivity index (χ2v) is 35.8. The van der Waals surface area contributed by atoms with Crippen molar-refractivity contribution in [3.05, 3.63) is 311 Å². The van der Waals surface area contributed by atoms with Crippen LogP contribution >= 0.6 is 0 Å². The summed E-state index contributed by atoms with van der Waals surface area (Å²) in [7, 11) is 0. The van der Waals surface area contributed by atoms with Crippen LogP contribution in [0.25, 0.3) is 55.2 Å². The van der Waals surface area contributed by atoms with Gasteiger partial charge in [-0.2, -0.15) is 0 Å². The smallest absolute Gasteiger partial charge is 0.137 e. The Bertz CT molecular complexity index is 5320. The summed E-state index contributed by atoms with van der Waals surface area (Å²) in [5.74, 6) is 1.77. The molecule has 8 heteroatoms. The molecule has 16 rings (SSSR count). The highest BCUT2D eigenvalue weighted by Crippen LogP contribution is 2.54. The predicted octanol–water partition coefficient (Wildman–Crippen LogP) is 25.3. The second-order valence-electron chi connectivity index (χ2n) is 35.8. The summed E-state index contributed by atoms with van der Waals surface area (Å²) in [4.78, 5) is 20.7. The van der Waals surface area contributed by atoms with Crippen molar-refractivity contribution in [1.29, 1.82) is 0 Å². The zero-order chi connectivity index (χ0) is 73.7. The van der Waals surface area contributed by atoms with Gasteiger partial charge in [-0.1, -0.05) is 246 Å². The fraction of sp³-hybridized carbons (Fsp3) is 0.278. The van der Waals surface area contributed by atoms with Crippen molar-refractivity contribution in [3.8, 4) is 11.6 Å². The minimum absolute atomic E-state index is 0.0651. The molecular weight excluding hydrogens is 1280 g/mol. The van der Waals surface area contributed by atoms with Gasteiger partial charge < -0.3 is 19.6 Å². The summed E-state index contributed by atoms with van der Waals surface area (Å²) >= 11 is 0. The fourth-order valence-corrected chi connectivity index (χ4v) is 16.3. The van der Waals surface area contributed by atoms with Gasteiger partial charge in [-0.05, 0) is 209 Å². The van der Waals surface area contributed by atoms with Crippen molar-refractivity contribution in [3.63, 3.8) is 0 Å². The lowest BCUT2D eigenvalue weighted by molar-refractivity contribution is 0.568. The summed E-state index contributed by atoms with van der Waals surface area (Å²) in [5, 5.41) is 4.67. The molecule has 4 aromatic heterocycles. The SMILES string of the molecule is CC(C)(C)c1cc(N2CN(c3cccc(C(c4cccc(N5CN(c6cc(C(C)(C)C)cc(C(C)(C)C)c6)c6ccccc65)c4)(c4ccc5c6ccccc6n(-c6cc(C(C)(C)C)ccn6)c5c4)c4ccc5c6ccccc6n(-c6cc(C(C)(C)C)ccn6)c5c4)c3)c3ccccc32)cc(C(C)(C)C)c1. The number of hydrogen-bond donors (Lipinski definition) is 0. The summed E-state index contributed by atoms with van der Waals surface area (Å²) < 4.78 is 4.84. The maximum atomic E-state index is 5.28. The average Bonchev–Trinajstić information content (AvgIpc) is 1.69. The molecule has 8 nitrogen and oxygen atoms in total. The second kappa shape index (κ2) is 24.7. The molecule has 0 N–H and O–H groups in total. The molecule has 0 bridgehead atoms. The normalized spacial score (nSPS) is 14.0. The third kappa shape index (κ3) is 11.9. The van der Waals surface area contributed by atoms with Crippen molar-refractivity contribution < 1.29 is 0 Å². The molecule has 0 unspecified atom stereocenters. The number of hydrogen-bond acceptors (Lipinski definition) is 6. The number of aromatic nitrogens is 4. The molecule has 2 aliphatic rings. The van der Waals surface area contributed by atoms with E-state index >= 15 is 0 Å². The van der Waals surface area contributed by atoms with E-state index in [0.29, 0.717) is 13.3 Å². The number of benzene rings is 10. The average molecular weight is 1380 g/mol. The topological polar surface area (TPSA) is 48.6 Å². The van der Waals surface area contributed by atoms with E-state index in [0.717, 1.165) is 89.5 Å². The summed E-state index contributed by atoms with van der Waals surface area (Å²) in [6, 6.07) is 93.1. The van der Waals surface area contributed by atoms with Gasteiger partial charge in [0.05, 0.1) is 50.2 Å². The van der Waals surface area contributed by atoms with Crippen LogP contribution in [0.1, 0.15) is 180 Å². The van der Waals surface area contributed by atoms with E-state index in [-0.39, 0.29) is 32.5 Å². The van der Waals surface area contributed by atoms with Crippen LogP contribution < -0.4 is 19.6 Å². The van der Waals surface area contributed by atoms with Crippen LogP contribution in [-0.4, -0.2) is 32.4 Å². The van der Waals surface area contributed by atoms with E-state index in [2.05, 4.69) is 396 Å². The fourth-order valence-electron chi connectivity index (χ4n) is 16.3. The maximum absolute atomic E-state index is 5.28. The highest BCUT2D eigenvalue weighted by atomic mass is 15.4. The number of para-hydroxylation sites is 6. The Morgan fingerprint density at radius 2 is 0.524 bits per heavy atom. The quantitative estimate of drug-likeness (QED) is 0.127. The molecule has 0 fully saturated rings. The molecular formula is C97H100N8. The standard InChI is InChI=1S/C97H100N8/c1-91(2,3)63-45-47-98-89(59-63)104-81-35-21-19-33-77(81)79-43-41-67(57-87(79)104)97(68-42-44-80-78-34-20-22-36-82(78)105(88(80)58-68)90-60-64(46-48-99-90)92(4,5)6,65-29-27-31-73(51-65)100-61-102(85-39-25-23-37-83(85)100)75-53-69(93(7,8)9)49-70(54-75)94(10,11)12)66-30-28-32-74(52-66)101-62-103(86-40-26-24-38-84(86)101)76-55-71(95(13,14)15)50-72(56-76)96(16,17)18/h19-60H,61-62H2,1-18H3. The minimum Gasteiger partial charge on any atom is -0.321 e. The Morgan fingerprint density at radius 3 is 0.867 bits per heavy atom. The summed E-state index contributed by atoms with van der Waals surface area (Å²) in [6.07, 6.45) is 3.99. The molecule has 0 aliphatic carbocycles. The molecule has 0 saturated carbocycles. The van der Waals surface area contributed by atoms with Crippen LogP contribution in [-0.2, 0) is 37.9 Å². The highest BCUT2D eigenvalue weighted by Gasteiger charge is 2.43. The maximum Gasteiger partial charge on any atom is 0.137 e. The van der Waals surface area contributed by atoms with E-state index < -0.39 is 5.41 Å². The van der Waals surface area contributed by atoms with E-state index in [1.807, 2.05) is 12.4 Å². The van der Waals surface area contributed by atoms with Gasteiger partial charge in [0.15, 0.2) is 0 Å². The lowest BCUT2D eigenvalue weighted by atomic mass is 9.64. The highest BCUT2D eigenvalue weighted by molar-refractivity contribution is 6.11. The molecule has 0 radical (unpaired) electrons. The van der Waals surface area contributed by atoms with Crippen molar-refractivity contribution in [2.45, 2.75) is 163 Å². The van der Waals surface area contributed by atoms with Crippen molar-refractivity contribution in [1.82, 2.24) is 19.1 Å². The molecule has 0 amide bonds. The third-order valence-electron chi connectivity index (χ3n) is 22.5. The van der Waals surface area contributed by atoms with Crippen LogP contribution in [0.3, 0.4) is 0 Å². The van der Waals surface area contributed by atoms with Gasteiger partial charge in [-0.15, -0.1) is 0 Å². The largest absolute Gasteiger partial charge is 0.321 e. The van der Waals surface area contributed by atoms with Gasteiger partial charge in [-0.25, -0.2) is 9.97 Å².